The van der Waals surface area contributed by atoms with E-state index in [9.17, 15) is 4.79 Å². The number of rotatable bonds is 4. The SMILES string of the molecule is CCCC1NC(C(C)C)C(=O)N1CC. The summed E-state index contributed by atoms with van der Waals surface area (Å²) in [5.74, 6) is 0.666. The molecule has 2 unspecified atom stereocenters. The van der Waals surface area contributed by atoms with Gasteiger partial charge in [0.05, 0.1) is 12.2 Å². The first-order valence-corrected chi connectivity index (χ1v) is 5.68. The van der Waals surface area contributed by atoms with Crippen LogP contribution in [0.15, 0.2) is 0 Å². The number of carbonyl (C=O) groups excluding carboxylic acids is 1. The van der Waals surface area contributed by atoms with E-state index in [0.717, 1.165) is 19.4 Å². The summed E-state index contributed by atoms with van der Waals surface area (Å²) in [5, 5.41) is 3.42. The van der Waals surface area contributed by atoms with Gasteiger partial charge in [-0.25, -0.2) is 0 Å². The van der Waals surface area contributed by atoms with Crippen LogP contribution in [0.4, 0.5) is 0 Å². The average molecular weight is 198 g/mol. The van der Waals surface area contributed by atoms with E-state index in [4.69, 9.17) is 0 Å². The number of hydrogen-bond donors (Lipinski definition) is 1. The van der Waals surface area contributed by atoms with Crippen LogP contribution in [0.3, 0.4) is 0 Å². The van der Waals surface area contributed by atoms with Crippen LogP contribution in [0.2, 0.25) is 0 Å². The molecule has 1 N–H and O–H groups in total. The molecule has 0 radical (unpaired) electrons. The maximum Gasteiger partial charge on any atom is 0.241 e. The minimum Gasteiger partial charge on any atom is -0.326 e. The molecule has 3 nitrogen and oxygen atoms in total. The molecule has 82 valence electrons. The van der Waals surface area contributed by atoms with Crippen molar-refractivity contribution in [1.29, 1.82) is 0 Å². The zero-order valence-electron chi connectivity index (χ0n) is 9.71. The van der Waals surface area contributed by atoms with E-state index in [2.05, 4.69) is 26.1 Å². The van der Waals surface area contributed by atoms with Gasteiger partial charge in [-0.3, -0.25) is 10.1 Å². The maximum atomic E-state index is 11.9. The predicted octanol–water partition coefficient (Wildman–Crippen LogP) is 1.59. The number of carbonyl (C=O) groups is 1. The molecule has 1 heterocycles. The van der Waals surface area contributed by atoms with Crippen LogP contribution in [0, 0.1) is 5.92 Å². The highest BCUT2D eigenvalue weighted by Crippen LogP contribution is 2.19. The van der Waals surface area contributed by atoms with E-state index in [0.29, 0.717) is 5.92 Å². The van der Waals surface area contributed by atoms with Crippen molar-refractivity contribution in [2.24, 2.45) is 5.92 Å². The van der Waals surface area contributed by atoms with Crippen LogP contribution >= 0.6 is 0 Å². The molecule has 3 heteroatoms. The van der Waals surface area contributed by atoms with Crippen molar-refractivity contribution in [2.45, 2.75) is 52.7 Å². The Bertz CT molecular complexity index is 203. The Kier molecular flexibility index (Phi) is 3.93. The van der Waals surface area contributed by atoms with E-state index < -0.39 is 0 Å². The Morgan fingerprint density at radius 3 is 2.50 bits per heavy atom. The third kappa shape index (κ3) is 2.08. The van der Waals surface area contributed by atoms with Gasteiger partial charge in [0.2, 0.25) is 5.91 Å². The van der Waals surface area contributed by atoms with Gasteiger partial charge >= 0.3 is 0 Å². The van der Waals surface area contributed by atoms with Gasteiger partial charge in [-0.15, -0.1) is 0 Å². The van der Waals surface area contributed by atoms with Crippen LogP contribution in [-0.4, -0.2) is 29.6 Å². The Balaban J connectivity index is 2.68. The van der Waals surface area contributed by atoms with Gasteiger partial charge < -0.3 is 4.90 Å². The fourth-order valence-electron chi connectivity index (χ4n) is 2.07. The smallest absolute Gasteiger partial charge is 0.241 e. The summed E-state index contributed by atoms with van der Waals surface area (Å²) in [7, 11) is 0. The first-order chi connectivity index (χ1) is 6.61. The molecule has 0 bridgehead atoms. The van der Waals surface area contributed by atoms with E-state index in [1.807, 2.05) is 11.8 Å². The first kappa shape index (κ1) is 11.5. The second kappa shape index (κ2) is 4.78. The highest BCUT2D eigenvalue weighted by Gasteiger charge is 2.38. The summed E-state index contributed by atoms with van der Waals surface area (Å²) < 4.78 is 0. The molecule has 1 aliphatic rings. The molecule has 2 atom stereocenters. The molecule has 1 saturated heterocycles. The summed E-state index contributed by atoms with van der Waals surface area (Å²) in [4.78, 5) is 13.9. The summed E-state index contributed by atoms with van der Waals surface area (Å²) in [6.45, 7) is 9.21. The lowest BCUT2D eigenvalue weighted by Crippen LogP contribution is -2.37. The molecule has 1 amide bonds. The van der Waals surface area contributed by atoms with Crippen molar-refractivity contribution in [1.82, 2.24) is 10.2 Å². The highest BCUT2D eigenvalue weighted by molar-refractivity contribution is 5.84. The van der Waals surface area contributed by atoms with Crippen molar-refractivity contribution in [3.05, 3.63) is 0 Å². The van der Waals surface area contributed by atoms with Crippen molar-refractivity contribution < 1.29 is 4.79 Å². The third-order valence-electron chi connectivity index (χ3n) is 2.87. The number of amides is 1. The van der Waals surface area contributed by atoms with Crippen LogP contribution in [0.25, 0.3) is 0 Å². The summed E-state index contributed by atoms with van der Waals surface area (Å²) in [6.07, 6.45) is 2.44. The average Bonchev–Trinajstić information content (AvgIpc) is 2.43. The minimum atomic E-state index is 0.0338. The lowest BCUT2D eigenvalue weighted by Gasteiger charge is -2.21. The molecule has 1 aliphatic heterocycles. The van der Waals surface area contributed by atoms with E-state index >= 15 is 0 Å². The standard InChI is InChI=1S/C11H22N2O/c1-5-7-9-12-10(8(3)4)11(14)13(9)6-2/h8-10,12H,5-7H2,1-4H3. The molecule has 0 aromatic heterocycles. The van der Waals surface area contributed by atoms with Crippen molar-refractivity contribution in [3.8, 4) is 0 Å². The molecule has 0 aliphatic carbocycles. The molecule has 0 saturated carbocycles. The second-order valence-electron chi connectivity index (χ2n) is 4.32. The molecule has 1 fully saturated rings. The molecular weight excluding hydrogens is 176 g/mol. The van der Waals surface area contributed by atoms with Crippen LogP contribution in [0.5, 0.6) is 0 Å². The number of likely N-dealkylation sites (N-methyl/N-ethyl adjacent to an activating group) is 1. The van der Waals surface area contributed by atoms with E-state index in [1.54, 1.807) is 0 Å². The first-order valence-electron chi connectivity index (χ1n) is 5.68. The van der Waals surface area contributed by atoms with Crippen molar-refractivity contribution >= 4 is 5.91 Å². The number of hydrogen-bond acceptors (Lipinski definition) is 2. The maximum absolute atomic E-state index is 11.9. The predicted molar refractivity (Wildman–Crippen MR) is 57.8 cm³/mol. The summed E-state index contributed by atoms with van der Waals surface area (Å²) >= 11 is 0. The molecule has 14 heavy (non-hydrogen) atoms. The van der Waals surface area contributed by atoms with Crippen LogP contribution < -0.4 is 5.32 Å². The number of nitrogens with one attached hydrogen (secondary N) is 1. The largest absolute Gasteiger partial charge is 0.326 e. The van der Waals surface area contributed by atoms with Crippen molar-refractivity contribution in [3.63, 3.8) is 0 Å². The van der Waals surface area contributed by atoms with Crippen molar-refractivity contribution in [2.75, 3.05) is 6.54 Å². The molecule has 0 spiro atoms. The van der Waals surface area contributed by atoms with Gasteiger partial charge in [0.15, 0.2) is 0 Å². The zero-order chi connectivity index (χ0) is 10.7. The molecule has 0 aromatic carbocycles. The zero-order valence-corrected chi connectivity index (χ0v) is 9.71. The summed E-state index contributed by atoms with van der Waals surface area (Å²) in [6, 6.07) is 0.0338. The van der Waals surface area contributed by atoms with Gasteiger partial charge in [-0.1, -0.05) is 27.2 Å². The summed E-state index contributed by atoms with van der Waals surface area (Å²) in [5.41, 5.74) is 0. The normalized spacial score (nSPS) is 27.8. The second-order valence-corrected chi connectivity index (χ2v) is 4.32. The molecular formula is C11H22N2O. The lowest BCUT2D eigenvalue weighted by atomic mass is 10.1. The van der Waals surface area contributed by atoms with Gasteiger partial charge in [0.25, 0.3) is 0 Å². The van der Waals surface area contributed by atoms with Crippen LogP contribution in [0.1, 0.15) is 40.5 Å². The monoisotopic (exact) mass is 198 g/mol. The quantitative estimate of drug-likeness (QED) is 0.744. The van der Waals surface area contributed by atoms with Gasteiger partial charge in [0.1, 0.15) is 0 Å². The molecule has 1 rings (SSSR count). The van der Waals surface area contributed by atoms with Gasteiger partial charge in [-0.05, 0) is 19.3 Å². The topological polar surface area (TPSA) is 32.3 Å². The Morgan fingerprint density at radius 1 is 1.43 bits per heavy atom. The fraction of sp³-hybridized carbons (Fsp3) is 0.909. The minimum absolute atomic E-state index is 0.0338. The Hall–Kier alpha value is -0.570. The Morgan fingerprint density at radius 2 is 2.07 bits per heavy atom. The van der Waals surface area contributed by atoms with Gasteiger partial charge in [-0.2, -0.15) is 0 Å². The van der Waals surface area contributed by atoms with E-state index in [1.165, 1.54) is 0 Å². The Labute approximate surface area is 86.9 Å². The van der Waals surface area contributed by atoms with E-state index in [-0.39, 0.29) is 18.1 Å². The lowest BCUT2D eigenvalue weighted by molar-refractivity contribution is -0.130. The third-order valence-corrected chi connectivity index (χ3v) is 2.87. The number of nitrogens with zero attached hydrogens (tertiary/aromatic N) is 1. The molecule has 0 aromatic rings. The fourth-order valence-corrected chi connectivity index (χ4v) is 2.07. The highest BCUT2D eigenvalue weighted by atomic mass is 16.2. The van der Waals surface area contributed by atoms with Gasteiger partial charge in [0, 0.05) is 6.54 Å². The van der Waals surface area contributed by atoms with Crippen LogP contribution in [-0.2, 0) is 4.79 Å².